The fraction of sp³-hybridized carbons (Fsp3) is 0.214. The Labute approximate surface area is 194 Å². The highest BCUT2D eigenvalue weighted by molar-refractivity contribution is 6.06. The van der Waals surface area contributed by atoms with Crippen LogP contribution in [0.15, 0.2) is 84.4 Å². The van der Waals surface area contributed by atoms with Crippen LogP contribution in [-0.4, -0.2) is 23.6 Å². The summed E-state index contributed by atoms with van der Waals surface area (Å²) in [7, 11) is 0. The van der Waals surface area contributed by atoms with Crippen LogP contribution in [-0.2, 0) is 22.4 Å². The molecule has 0 unspecified atom stereocenters. The van der Waals surface area contributed by atoms with Crippen LogP contribution in [0.1, 0.15) is 36.5 Å². The smallest absolute Gasteiger partial charge is 0.303 e. The number of benzene rings is 3. The Morgan fingerprint density at radius 2 is 1.52 bits per heavy atom. The fourth-order valence-corrected chi connectivity index (χ4v) is 3.35. The summed E-state index contributed by atoms with van der Waals surface area (Å²) in [5.74, 6) is -0.554. The minimum atomic E-state index is -0.856. The second-order valence-electron chi connectivity index (χ2n) is 7.85. The molecule has 3 aromatic carbocycles. The molecule has 170 valence electrons. The molecule has 0 atom stereocenters. The lowest BCUT2D eigenvalue weighted by molar-refractivity contribution is -0.137. The van der Waals surface area contributed by atoms with E-state index in [1.165, 1.54) is 11.1 Å². The highest BCUT2D eigenvalue weighted by Crippen LogP contribution is 2.25. The highest BCUT2D eigenvalue weighted by Gasteiger charge is 2.10. The van der Waals surface area contributed by atoms with Crippen molar-refractivity contribution < 1.29 is 19.4 Å². The number of ether oxygens (including phenoxy) is 1. The van der Waals surface area contributed by atoms with E-state index < -0.39 is 5.97 Å². The number of carboxylic acids is 1. The molecule has 0 heterocycles. The van der Waals surface area contributed by atoms with Crippen molar-refractivity contribution in [2.45, 2.75) is 32.6 Å². The summed E-state index contributed by atoms with van der Waals surface area (Å²) in [6.07, 6.45) is 4.26. The van der Waals surface area contributed by atoms with Crippen LogP contribution in [0.3, 0.4) is 0 Å². The zero-order chi connectivity index (χ0) is 23.5. The molecule has 0 fully saturated rings. The van der Waals surface area contributed by atoms with E-state index in [2.05, 4.69) is 41.7 Å². The quantitative estimate of drug-likeness (QED) is 0.292. The molecule has 0 radical (unpaired) electrons. The number of carbonyl (C=O) groups is 2. The molecule has 0 aromatic heterocycles. The van der Waals surface area contributed by atoms with E-state index in [1.807, 2.05) is 36.4 Å². The van der Waals surface area contributed by atoms with Gasteiger partial charge >= 0.3 is 5.97 Å². The van der Waals surface area contributed by atoms with Gasteiger partial charge in [0.2, 0.25) is 0 Å². The minimum absolute atomic E-state index is 0.0431. The number of rotatable bonds is 11. The van der Waals surface area contributed by atoms with E-state index in [0.29, 0.717) is 23.4 Å². The average Bonchev–Trinajstić information content (AvgIpc) is 2.83. The molecule has 0 aliphatic heterocycles. The monoisotopic (exact) mass is 443 g/mol. The summed E-state index contributed by atoms with van der Waals surface area (Å²) < 4.78 is 5.66. The van der Waals surface area contributed by atoms with E-state index in [4.69, 9.17) is 9.84 Å². The molecule has 3 aromatic rings. The Morgan fingerprint density at radius 3 is 2.21 bits per heavy atom. The second-order valence-corrected chi connectivity index (χ2v) is 7.85. The number of amides is 1. The maximum Gasteiger partial charge on any atom is 0.303 e. The third-order valence-electron chi connectivity index (χ3n) is 5.19. The number of hydrogen-bond donors (Lipinski definition) is 2. The van der Waals surface area contributed by atoms with Crippen LogP contribution < -0.4 is 10.1 Å². The Kier molecular flexibility index (Phi) is 8.83. The second kappa shape index (κ2) is 12.2. The van der Waals surface area contributed by atoms with Gasteiger partial charge in [-0.3, -0.25) is 9.59 Å². The lowest BCUT2D eigenvalue weighted by Crippen LogP contribution is -2.14. The molecule has 0 spiro atoms. The van der Waals surface area contributed by atoms with Crippen LogP contribution in [0.25, 0.3) is 6.08 Å². The molecule has 0 saturated carbocycles. The first-order valence-corrected chi connectivity index (χ1v) is 11.1. The SMILES string of the molecule is C/C(=C\c1ccc(CCc2ccccc2)cc1)C(=O)Nc1ccccc1OCCCC(=O)O. The van der Waals surface area contributed by atoms with Crippen molar-refractivity contribution in [3.05, 3.63) is 101 Å². The summed E-state index contributed by atoms with van der Waals surface area (Å²) in [6.45, 7) is 2.04. The Hall–Kier alpha value is -3.86. The average molecular weight is 444 g/mol. The standard InChI is InChI=1S/C28H29NO4/c1-21(20-24-17-15-23(16-18-24)14-13-22-8-3-2-4-9-22)28(32)29-25-10-5-6-11-26(25)33-19-7-12-27(30)31/h2-6,8-11,15-18,20H,7,12-14,19H2,1H3,(H,29,32)(H,30,31)/b21-20+. The van der Waals surface area contributed by atoms with Gasteiger partial charge in [-0.25, -0.2) is 0 Å². The Morgan fingerprint density at radius 1 is 0.879 bits per heavy atom. The maximum absolute atomic E-state index is 12.7. The fourth-order valence-electron chi connectivity index (χ4n) is 3.35. The first kappa shape index (κ1) is 23.8. The van der Waals surface area contributed by atoms with Gasteiger partial charge in [0.05, 0.1) is 12.3 Å². The number of aryl methyl sites for hydroxylation is 2. The maximum atomic E-state index is 12.7. The normalized spacial score (nSPS) is 11.1. The van der Waals surface area contributed by atoms with Crippen molar-refractivity contribution in [3.63, 3.8) is 0 Å². The van der Waals surface area contributed by atoms with Crippen molar-refractivity contribution in [2.75, 3.05) is 11.9 Å². The number of nitrogens with one attached hydrogen (secondary N) is 1. The van der Waals surface area contributed by atoms with Gasteiger partial charge in [-0.15, -0.1) is 0 Å². The molecule has 1 amide bonds. The topological polar surface area (TPSA) is 75.6 Å². The molecule has 3 rings (SSSR count). The number of para-hydroxylation sites is 2. The summed E-state index contributed by atoms with van der Waals surface area (Å²) in [4.78, 5) is 23.3. The zero-order valence-corrected chi connectivity index (χ0v) is 18.8. The van der Waals surface area contributed by atoms with E-state index >= 15 is 0 Å². The molecule has 5 heteroatoms. The molecule has 5 nitrogen and oxygen atoms in total. The van der Waals surface area contributed by atoms with Crippen LogP contribution in [0.2, 0.25) is 0 Å². The zero-order valence-electron chi connectivity index (χ0n) is 18.8. The van der Waals surface area contributed by atoms with Crippen LogP contribution in [0, 0.1) is 0 Å². The van der Waals surface area contributed by atoms with Gasteiger partial charge in [0.15, 0.2) is 0 Å². The first-order chi connectivity index (χ1) is 16.0. The number of carboxylic acid groups (broad SMARTS) is 1. The van der Waals surface area contributed by atoms with E-state index in [1.54, 1.807) is 19.1 Å². The first-order valence-electron chi connectivity index (χ1n) is 11.1. The van der Waals surface area contributed by atoms with Gasteiger partial charge < -0.3 is 15.2 Å². The third kappa shape index (κ3) is 7.96. The molecular weight excluding hydrogens is 414 g/mol. The van der Waals surface area contributed by atoms with Crippen molar-refractivity contribution in [2.24, 2.45) is 0 Å². The minimum Gasteiger partial charge on any atom is -0.491 e. The van der Waals surface area contributed by atoms with E-state index in [-0.39, 0.29) is 18.9 Å². The number of aliphatic carboxylic acids is 1. The molecule has 0 aliphatic carbocycles. The van der Waals surface area contributed by atoms with Crippen LogP contribution in [0.4, 0.5) is 5.69 Å². The summed E-state index contributed by atoms with van der Waals surface area (Å²) in [5.41, 5.74) is 4.67. The van der Waals surface area contributed by atoms with Crippen molar-refractivity contribution in [1.82, 2.24) is 0 Å². The lowest BCUT2D eigenvalue weighted by Gasteiger charge is -2.12. The highest BCUT2D eigenvalue weighted by atomic mass is 16.5. The van der Waals surface area contributed by atoms with Gasteiger partial charge in [-0.05, 0) is 61.1 Å². The molecule has 0 saturated heterocycles. The van der Waals surface area contributed by atoms with E-state index in [9.17, 15) is 9.59 Å². The largest absolute Gasteiger partial charge is 0.491 e. The van der Waals surface area contributed by atoms with Gasteiger partial charge in [0.25, 0.3) is 5.91 Å². The molecule has 33 heavy (non-hydrogen) atoms. The molecule has 0 aliphatic rings. The predicted octanol–water partition coefficient (Wildman–Crippen LogP) is 5.76. The summed E-state index contributed by atoms with van der Waals surface area (Å²) in [6, 6.07) is 25.8. The molecule has 2 N–H and O–H groups in total. The molecule has 0 bridgehead atoms. The van der Waals surface area contributed by atoms with Crippen molar-refractivity contribution in [1.29, 1.82) is 0 Å². The van der Waals surface area contributed by atoms with Crippen molar-refractivity contribution >= 4 is 23.6 Å². The number of anilines is 1. The van der Waals surface area contributed by atoms with Crippen molar-refractivity contribution in [3.8, 4) is 5.75 Å². The predicted molar refractivity (Wildman–Crippen MR) is 131 cm³/mol. The van der Waals surface area contributed by atoms with Gasteiger partial charge in [-0.1, -0.05) is 66.7 Å². The number of carbonyl (C=O) groups excluding carboxylic acids is 1. The van der Waals surface area contributed by atoms with Gasteiger partial charge in [0.1, 0.15) is 5.75 Å². The Bertz CT molecular complexity index is 1090. The van der Waals surface area contributed by atoms with Crippen LogP contribution >= 0.6 is 0 Å². The summed E-state index contributed by atoms with van der Waals surface area (Å²) in [5, 5.41) is 11.6. The molecular formula is C28H29NO4. The third-order valence-corrected chi connectivity index (χ3v) is 5.19. The lowest BCUT2D eigenvalue weighted by atomic mass is 10.0. The van der Waals surface area contributed by atoms with Gasteiger partial charge in [0, 0.05) is 12.0 Å². The van der Waals surface area contributed by atoms with Gasteiger partial charge in [-0.2, -0.15) is 0 Å². The summed E-state index contributed by atoms with van der Waals surface area (Å²) >= 11 is 0. The van der Waals surface area contributed by atoms with Crippen LogP contribution in [0.5, 0.6) is 5.75 Å². The Balaban J connectivity index is 1.56. The van der Waals surface area contributed by atoms with E-state index in [0.717, 1.165) is 18.4 Å². The number of hydrogen-bond acceptors (Lipinski definition) is 3.